The van der Waals surface area contributed by atoms with Gasteiger partial charge >= 0.3 is 0 Å². The molecule has 6 nitrogen and oxygen atoms in total. The molecule has 0 aliphatic rings. The number of aromatic nitrogens is 2. The van der Waals surface area contributed by atoms with Crippen molar-refractivity contribution in [3.8, 4) is 5.75 Å². The topological polar surface area (TPSA) is 76.1 Å². The highest BCUT2D eigenvalue weighted by atomic mass is 19.1. The van der Waals surface area contributed by atoms with Crippen LogP contribution in [0.25, 0.3) is 0 Å². The molecule has 1 heterocycles. The summed E-state index contributed by atoms with van der Waals surface area (Å²) in [6.45, 7) is 4.14. The fourth-order valence-corrected chi connectivity index (χ4v) is 2.47. The lowest BCUT2D eigenvalue weighted by Gasteiger charge is -2.13. The minimum absolute atomic E-state index is 0.197. The van der Waals surface area contributed by atoms with E-state index >= 15 is 0 Å². The number of hydrogen-bond donors (Lipinski definition) is 2. The van der Waals surface area contributed by atoms with Crippen LogP contribution < -0.4 is 15.4 Å². The number of aryl methyl sites for hydroxylation is 1. The molecule has 0 unspecified atom stereocenters. The van der Waals surface area contributed by atoms with E-state index in [0.717, 1.165) is 5.69 Å². The Morgan fingerprint density at radius 2 is 1.85 bits per heavy atom. The maximum absolute atomic E-state index is 13.0. The van der Waals surface area contributed by atoms with Crippen LogP contribution in [0.15, 0.2) is 54.6 Å². The lowest BCUT2D eigenvalue weighted by atomic mass is 10.2. The van der Waals surface area contributed by atoms with Gasteiger partial charge in [0.05, 0.1) is 12.3 Å². The standard InChI is InChI=1S/C20H19FN4O2/c1-3-27-18-7-5-4-6-16(18)25-19-12-17(22-13(2)23-19)20(26)24-15-10-8-14(21)9-11-15/h4-12H,3H2,1-2H3,(H,24,26)(H,22,23,25). The summed E-state index contributed by atoms with van der Waals surface area (Å²) >= 11 is 0. The molecule has 0 atom stereocenters. The van der Waals surface area contributed by atoms with Gasteiger partial charge in [-0.05, 0) is 50.2 Å². The Kier molecular flexibility index (Phi) is 5.61. The maximum atomic E-state index is 13.0. The average Bonchev–Trinajstić information content (AvgIpc) is 2.65. The lowest BCUT2D eigenvalue weighted by molar-refractivity contribution is 0.102. The number of para-hydroxylation sites is 2. The second-order valence-corrected chi connectivity index (χ2v) is 5.70. The molecule has 0 fully saturated rings. The predicted octanol–water partition coefficient (Wildman–Crippen LogP) is 4.32. The van der Waals surface area contributed by atoms with Gasteiger partial charge in [0.15, 0.2) is 0 Å². The third-order valence-electron chi connectivity index (χ3n) is 3.62. The summed E-state index contributed by atoms with van der Waals surface area (Å²) in [6, 6.07) is 14.5. The summed E-state index contributed by atoms with van der Waals surface area (Å²) < 4.78 is 18.6. The summed E-state index contributed by atoms with van der Waals surface area (Å²) in [7, 11) is 0. The Labute approximate surface area is 156 Å². The van der Waals surface area contributed by atoms with Crippen LogP contribution in [-0.2, 0) is 0 Å². The number of rotatable bonds is 6. The molecule has 0 spiro atoms. The number of nitrogens with one attached hydrogen (secondary N) is 2. The van der Waals surface area contributed by atoms with Crippen molar-refractivity contribution in [2.24, 2.45) is 0 Å². The molecule has 3 aromatic rings. The van der Waals surface area contributed by atoms with Crippen LogP contribution in [0.2, 0.25) is 0 Å². The highest BCUT2D eigenvalue weighted by molar-refractivity contribution is 6.03. The summed E-state index contributed by atoms with van der Waals surface area (Å²) in [5.41, 5.74) is 1.42. The smallest absolute Gasteiger partial charge is 0.274 e. The minimum atomic E-state index is -0.409. The van der Waals surface area contributed by atoms with E-state index < -0.39 is 5.91 Å². The Balaban J connectivity index is 1.82. The fourth-order valence-electron chi connectivity index (χ4n) is 2.47. The molecule has 2 aromatic carbocycles. The van der Waals surface area contributed by atoms with Gasteiger partial charge in [-0.2, -0.15) is 0 Å². The van der Waals surface area contributed by atoms with Crippen LogP contribution in [0.4, 0.5) is 21.6 Å². The first kappa shape index (κ1) is 18.3. The Hall–Kier alpha value is -3.48. The number of carbonyl (C=O) groups excluding carboxylic acids is 1. The normalized spacial score (nSPS) is 10.3. The number of ether oxygens (including phenoxy) is 1. The van der Waals surface area contributed by atoms with Crippen molar-refractivity contribution in [1.82, 2.24) is 9.97 Å². The molecule has 2 N–H and O–H groups in total. The number of hydrogen-bond acceptors (Lipinski definition) is 5. The van der Waals surface area contributed by atoms with Crippen LogP contribution in [0.1, 0.15) is 23.2 Å². The van der Waals surface area contributed by atoms with E-state index in [1.165, 1.54) is 24.3 Å². The van der Waals surface area contributed by atoms with Gasteiger partial charge in [0.1, 0.15) is 28.9 Å². The second kappa shape index (κ2) is 8.27. The van der Waals surface area contributed by atoms with E-state index in [2.05, 4.69) is 20.6 Å². The first-order valence-corrected chi connectivity index (χ1v) is 8.46. The zero-order valence-electron chi connectivity index (χ0n) is 15.0. The average molecular weight is 366 g/mol. The summed E-state index contributed by atoms with van der Waals surface area (Å²) in [6.07, 6.45) is 0. The molecule has 0 saturated carbocycles. The summed E-state index contributed by atoms with van der Waals surface area (Å²) in [5.74, 6) is 0.823. The van der Waals surface area contributed by atoms with E-state index in [0.29, 0.717) is 29.7 Å². The van der Waals surface area contributed by atoms with Crippen molar-refractivity contribution in [3.63, 3.8) is 0 Å². The lowest BCUT2D eigenvalue weighted by Crippen LogP contribution is -2.15. The zero-order valence-corrected chi connectivity index (χ0v) is 15.0. The molecular weight excluding hydrogens is 347 g/mol. The molecule has 1 aromatic heterocycles. The molecule has 0 saturated heterocycles. The van der Waals surface area contributed by atoms with Gasteiger partial charge in [0.2, 0.25) is 0 Å². The molecule has 27 heavy (non-hydrogen) atoms. The molecule has 1 amide bonds. The minimum Gasteiger partial charge on any atom is -0.492 e. The van der Waals surface area contributed by atoms with E-state index in [9.17, 15) is 9.18 Å². The van der Waals surface area contributed by atoms with Crippen LogP contribution >= 0.6 is 0 Å². The van der Waals surface area contributed by atoms with Crippen LogP contribution in [0, 0.1) is 12.7 Å². The van der Waals surface area contributed by atoms with E-state index in [1.807, 2.05) is 31.2 Å². The number of anilines is 3. The highest BCUT2D eigenvalue weighted by Crippen LogP contribution is 2.27. The Morgan fingerprint density at radius 3 is 2.59 bits per heavy atom. The number of carbonyl (C=O) groups is 1. The van der Waals surface area contributed by atoms with Gasteiger partial charge in [-0.15, -0.1) is 0 Å². The monoisotopic (exact) mass is 366 g/mol. The molecule has 0 radical (unpaired) electrons. The summed E-state index contributed by atoms with van der Waals surface area (Å²) in [4.78, 5) is 21.0. The van der Waals surface area contributed by atoms with E-state index in [1.54, 1.807) is 13.0 Å². The van der Waals surface area contributed by atoms with Crippen molar-refractivity contribution in [2.75, 3.05) is 17.2 Å². The number of nitrogens with zero attached hydrogens (tertiary/aromatic N) is 2. The number of benzene rings is 2. The Morgan fingerprint density at radius 1 is 1.11 bits per heavy atom. The van der Waals surface area contributed by atoms with E-state index in [-0.39, 0.29) is 11.5 Å². The van der Waals surface area contributed by atoms with Crippen molar-refractivity contribution in [3.05, 3.63) is 71.9 Å². The summed E-state index contributed by atoms with van der Waals surface area (Å²) in [5, 5.41) is 5.85. The first-order chi connectivity index (χ1) is 13.0. The molecule has 0 bridgehead atoms. The molecular formula is C20H19FN4O2. The predicted molar refractivity (Wildman–Crippen MR) is 102 cm³/mol. The largest absolute Gasteiger partial charge is 0.492 e. The molecule has 138 valence electrons. The molecule has 0 aliphatic heterocycles. The first-order valence-electron chi connectivity index (χ1n) is 8.46. The van der Waals surface area contributed by atoms with E-state index in [4.69, 9.17) is 4.74 Å². The maximum Gasteiger partial charge on any atom is 0.274 e. The zero-order chi connectivity index (χ0) is 19.2. The fraction of sp³-hybridized carbons (Fsp3) is 0.150. The highest BCUT2D eigenvalue weighted by Gasteiger charge is 2.12. The SMILES string of the molecule is CCOc1ccccc1Nc1cc(C(=O)Nc2ccc(F)cc2)nc(C)n1. The second-order valence-electron chi connectivity index (χ2n) is 5.70. The van der Waals surface area contributed by atoms with Gasteiger partial charge in [0, 0.05) is 11.8 Å². The van der Waals surface area contributed by atoms with Crippen molar-refractivity contribution >= 4 is 23.1 Å². The quantitative estimate of drug-likeness (QED) is 0.679. The third-order valence-corrected chi connectivity index (χ3v) is 3.62. The number of amides is 1. The van der Waals surface area contributed by atoms with Crippen LogP contribution in [-0.4, -0.2) is 22.5 Å². The van der Waals surface area contributed by atoms with Crippen LogP contribution in [0.3, 0.4) is 0 Å². The van der Waals surface area contributed by atoms with Crippen molar-refractivity contribution in [2.45, 2.75) is 13.8 Å². The van der Waals surface area contributed by atoms with Gasteiger partial charge in [-0.25, -0.2) is 14.4 Å². The van der Waals surface area contributed by atoms with Gasteiger partial charge < -0.3 is 15.4 Å². The van der Waals surface area contributed by atoms with Crippen molar-refractivity contribution in [1.29, 1.82) is 0 Å². The van der Waals surface area contributed by atoms with Gasteiger partial charge in [0.25, 0.3) is 5.91 Å². The Bertz CT molecular complexity index is 945. The van der Waals surface area contributed by atoms with Crippen molar-refractivity contribution < 1.29 is 13.9 Å². The van der Waals surface area contributed by atoms with Gasteiger partial charge in [-0.3, -0.25) is 4.79 Å². The van der Waals surface area contributed by atoms with Crippen LogP contribution in [0.5, 0.6) is 5.75 Å². The molecule has 7 heteroatoms. The molecule has 0 aliphatic carbocycles. The number of halogens is 1. The molecule has 3 rings (SSSR count). The third kappa shape index (κ3) is 4.78. The van der Waals surface area contributed by atoms with Gasteiger partial charge in [-0.1, -0.05) is 12.1 Å².